The minimum Gasteiger partial charge on any atom is -0.872 e. The van der Waals surface area contributed by atoms with Crippen LogP contribution in [0, 0.1) is 25.5 Å². The van der Waals surface area contributed by atoms with Crippen LogP contribution in [-0.2, 0) is 19.5 Å². The Hall–Kier alpha value is -4.44. The molecule has 6 aromatic rings. The van der Waals surface area contributed by atoms with Crippen molar-refractivity contribution in [1.82, 2.24) is 9.97 Å². The Balaban J connectivity index is 0.000000200. The van der Waals surface area contributed by atoms with Crippen LogP contribution in [0.4, 0.5) is 19.0 Å². The molecule has 0 aliphatic rings. The maximum absolute atomic E-state index is 12.9. The normalized spacial score (nSPS) is 10.9. The van der Waals surface area contributed by atoms with E-state index >= 15 is 0 Å². The fraction of sp³-hybridized carbons (Fsp3) is 0.0588. The standard InChI is InChI=1S/2C17H13FN2OS.Zn/c2*1-11-2-3-13(16(21)8-11)9-19-17-20-15(10-22-17)12-4-6-14(18)7-5-12;/h2*2-10,21H,1H3;/q;;+2/p-2/b2*19-9+;. The molecule has 0 radical (unpaired) electrons. The second kappa shape index (κ2) is 15.5. The molecule has 6 rings (SSSR count). The third kappa shape index (κ3) is 9.28. The van der Waals surface area contributed by atoms with Gasteiger partial charge in [-0.2, -0.15) is 0 Å². The van der Waals surface area contributed by atoms with Crippen molar-refractivity contribution >= 4 is 45.4 Å². The average Bonchev–Trinajstić information content (AvgIpc) is 3.68. The van der Waals surface area contributed by atoms with Crippen molar-refractivity contribution in [2.24, 2.45) is 9.98 Å². The number of halogens is 2. The molecule has 0 saturated carbocycles. The number of nitrogens with zero attached hydrogens (tertiary/aromatic N) is 4. The molecule has 0 spiro atoms. The maximum atomic E-state index is 12.9. The van der Waals surface area contributed by atoms with E-state index in [1.165, 1.54) is 59.4 Å². The molecule has 6 nitrogen and oxygen atoms in total. The zero-order valence-corrected chi connectivity index (χ0v) is 28.9. The van der Waals surface area contributed by atoms with E-state index < -0.39 is 0 Å². The van der Waals surface area contributed by atoms with E-state index in [1.54, 1.807) is 48.5 Å². The third-order valence-electron chi connectivity index (χ3n) is 6.23. The fourth-order valence-electron chi connectivity index (χ4n) is 3.90. The number of aryl methyl sites for hydroxylation is 2. The Morgan fingerprint density at radius 3 is 1.33 bits per heavy atom. The van der Waals surface area contributed by atoms with Gasteiger partial charge in [-0.05, 0) is 73.5 Å². The van der Waals surface area contributed by atoms with Crippen molar-refractivity contribution in [3.8, 4) is 34.0 Å². The zero-order chi connectivity index (χ0) is 31.1. The van der Waals surface area contributed by atoms with Gasteiger partial charge < -0.3 is 10.2 Å². The Labute approximate surface area is 279 Å². The van der Waals surface area contributed by atoms with Crippen molar-refractivity contribution < 1.29 is 38.5 Å². The number of aromatic nitrogens is 2. The molecule has 0 N–H and O–H groups in total. The van der Waals surface area contributed by atoms with E-state index in [2.05, 4.69) is 20.0 Å². The number of hydrogen-bond donors (Lipinski definition) is 0. The van der Waals surface area contributed by atoms with Gasteiger partial charge in [-0.25, -0.2) is 28.7 Å². The molecule has 0 fully saturated rings. The van der Waals surface area contributed by atoms with Gasteiger partial charge in [0, 0.05) is 34.3 Å². The van der Waals surface area contributed by atoms with Gasteiger partial charge in [0.15, 0.2) is 0 Å². The van der Waals surface area contributed by atoms with E-state index in [0.29, 0.717) is 21.4 Å². The topological polar surface area (TPSA) is 96.6 Å². The fourth-order valence-corrected chi connectivity index (χ4v) is 5.24. The summed E-state index contributed by atoms with van der Waals surface area (Å²) in [5, 5.41) is 28.4. The molecule has 0 amide bonds. The van der Waals surface area contributed by atoms with Crippen molar-refractivity contribution in [1.29, 1.82) is 0 Å². The summed E-state index contributed by atoms with van der Waals surface area (Å²) in [4.78, 5) is 17.2. The smallest absolute Gasteiger partial charge is 0.872 e. The number of thiazole rings is 2. The molecule has 0 saturated heterocycles. The predicted molar refractivity (Wildman–Crippen MR) is 171 cm³/mol. The second-order valence-corrected chi connectivity index (χ2v) is 11.3. The van der Waals surface area contributed by atoms with Crippen molar-refractivity contribution in [3.05, 3.63) is 130 Å². The van der Waals surface area contributed by atoms with E-state index in [9.17, 15) is 19.0 Å². The average molecular weight is 688 g/mol. The van der Waals surface area contributed by atoms with Crippen LogP contribution in [0.25, 0.3) is 22.5 Å². The zero-order valence-electron chi connectivity index (χ0n) is 24.3. The van der Waals surface area contributed by atoms with Crippen LogP contribution in [0.5, 0.6) is 11.5 Å². The summed E-state index contributed by atoms with van der Waals surface area (Å²) < 4.78 is 25.8. The SMILES string of the molecule is Cc1ccc(/C=N/c2nc(-c3ccc(F)cc3)cs2)c([O-])c1.Cc1ccc(/C=N/c2nc(-c3ccc(F)cc3)cs2)c([O-])c1.[Zn+2]. The first-order valence-corrected chi connectivity index (χ1v) is 15.1. The molecule has 0 aliphatic heterocycles. The Morgan fingerprint density at radius 2 is 0.978 bits per heavy atom. The van der Waals surface area contributed by atoms with Crippen LogP contribution in [-0.4, -0.2) is 22.4 Å². The maximum Gasteiger partial charge on any atom is 2.00 e. The minimum atomic E-state index is -0.278. The van der Waals surface area contributed by atoms with Gasteiger partial charge in [0.2, 0.25) is 10.3 Å². The molecule has 4 aromatic carbocycles. The van der Waals surface area contributed by atoms with Gasteiger partial charge in [0.25, 0.3) is 0 Å². The molecule has 45 heavy (non-hydrogen) atoms. The molecule has 11 heteroatoms. The van der Waals surface area contributed by atoms with Gasteiger partial charge in [0.05, 0.1) is 11.4 Å². The predicted octanol–water partition coefficient (Wildman–Crippen LogP) is 8.16. The van der Waals surface area contributed by atoms with Crippen LogP contribution in [0.3, 0.4) is 0 Å². The van der Waals surface area contributed by atoms with Gasteiger partial charge >= 0.3 is 19.5 Å². The van der Waals surface area contributed by atoms with Crippen LogP contribution in [0.2, 0.25) is 0 Å². The Kier molecular flexibility index (Phi) is 11.5. The Bertz CT molecular complexity index is 1800. The summed E-state index contributed by atoms with van der Waals surface area (Å²) in [6.45, 7) is 3.75. The summed E-state index contributed by atoms with van der Waals surface area (Å²) in [6, 6.07) is 22.7. The molecule has 2 aromatic heterocycles. The monoisotopic (exact) mass is 686 g/mol. The summed E-state index contributed by atoms with van der Waals surface area (Å²) in [5.41, 5.74) is 6.06. The van der Waals surface area contributed by atoms with Gasteiger partial charge in [-0.15, -0.1) is 22.7 Å². The van der Waals surface area contributed by atoms with Crippen molar-refractivity contribution in [2.45, 2.75) is 13.8 Å². The van der Waals surface area contributed by atoms with E-state index in [0.717, 1.165) is 33.6 Å². The van der Waals surface area contributed by atoms with Crippen LogP contribution < -0.4 is 10.2 Å². The molecule has 2 heterocycles. The number of rotatable bonds is 6. The van der Waals surface area contributed by atoms with E-state index in [1.807, 2.05) is 36.7 Å². The molecule has 0 bridgehead atoms. The molecule has 0 aliphatic carbocycles. The van der Waals surface area contributed by atoms with Gasteiger partial charge in [-0.3, -0.25) is 0 Å². The van der Waals surface area contributed by atoms with Crippen LogP contribution in [0.15, 0.2) is 106 Å². The number of aliphatic imine (C=N–C) groups is 2. The first-order valence-electron chi connectivity index (χ1n) is 13.3. The molecule has 0 atom stereocenters. The molecule has 220 valence electrons. The van der Waals surface area contributed by atoms with Crippen molar-refractivity contribution in [2.75, 3.05) is 0 Å². The number of hydrogen-bond acceptors (Lipinski definition) is 8. The van der Waals surface area contributed by atoms with Crippen LogP contribution in [0.1, 0.15) is 22.3 Å². The van der Waals surface area contributed by atoms with E-state index in [4.69, 9.17) is 0 Å². The second-order valence-electron chi connectivity index (χ2n) is 9.64. The Morgan fingerprint density at radius 1 is 0.600 bits per heavy atom. The first-order chi connectivity index (χ1) is 21.2. The van der Waals surface area contributed by atoms with Crippen LogP contribution >= 0.6 is 22.7 Å². The van der Waals surface area contributed by atoms with Gasteiger partial charge in [0.1, 0.15) is 11.6 Å². The largest absolute Gasteiger partial charge is 2.00 e. The quantitative estimate of drug-likeness (QED) is 0.130. The first kappa shape index (κ1) is 33.5. The van der Waals surface area contributed by atoms with E-state index in [-0.39, 0.29) is 42.6 Å². The van der Waals surface area contributed by atoms with Crippen molar-refractivity contribution in [3.63, 3.8) is 0 Å². The minimum absolute atomic E-state index is 0. The summed E-state index contributed by atoms with van der Waals surface area (Å²) >= 11 is 2.74. The summed E-state index contributed by atoms with van der Waals surface area (Å²) in [6.07, 6.45) is 3.05. The summed E-state index contributed by atoms with van der Waals surface area (Å²) in [7, 11) is 0. The number of benzene rings is 4. The third-order valence-corrected chi connectivity index (χ3v) is 7.73. The molecule has 0 unspecified atom stereocenters. The summed E-state index contributed by atoms with van der Waals surface area (Å²) in [5.74, 6) is -0.669. The molecular formula is C34H24F2N4O2S2Zn. The van der Waals surface area contributed by atoms with Gasteiger partial charge in [-0.1, -0.05) is 59.0 Å². The molecular weight excluding hydrogens is 664 g/mol.